The maximum absolute atomic E-state index is 5.69. The number of benzene rings is 1. The van der Waals surface area contributed by atoms with Crippen molar-refractivity contribution in [1.82, 2.24) is 4.90 Å². The monoisotopic (exact) mass is 261 g/mol. The minimum Gasteiger partial charge on any atom is -0.374 e. The Morgan fingerprint density at radius 1 is 1.32 bits per heavy atom. The van der Waals surface area contributed by atoms with E-state index in [1.807, 2.05) is 0 Å². The van der Waals surface area contributed by atoms with Crippen molar-refractivity contribution in [2.75, 3.05) is 38.6 Å². The van der Waals surface area contributed by atoms with Crippen LogP contribution in [0.3, 0.4) is 0 Å². The summed E-state index contributed by atoms with van der Waals surface area (Å²) in [5, 5.41) is 0. The first-order valence-electron chi connectivity index (χ1n) is 7.29. The fourth-order valence-corrected chi connectivity index (χ4v) is 3.00. The molecule has 1 fully saturated rings. The number of piperidine rings is 1. The van der Waals surface area contributed by atoms with E-state index in [9.17, 15) is 0 Å². The second kappa shape index (κ2) is 6.40. The van der Waals surface area contributed by atoms with Gasteiger partial charge in [0.05, 0.1) is 0 Å². The highest BCUT2D eigenvalue weighted by atomic mass is 15.1. The van der Waals surface area contributed by atoms with Crippen molar-refractivity contribution in [2.24, 2.45) is 11.7 Å². The zero-order valence-corrected chi connectivity index (χ0v) is 12.5. The second-order valence-electron chi connectivity index (χ2n) is 5.95. The van der Waals surface area contributed by atoms with Crippen molar-refractivity contribution in [3.05, 3.63) is 29.3 Å². The van der Waals surface area contributed by atoms with Gasteiger partial charge in [-0.15, -0.1) is 0 Å². The van der Waals surface area contributed by atoms with E-state index in [-0.39, 0.29) is 0 Å². The van der Waals surface area contributed by atoms with Gasteiger partial charge in [-0.1, -0.05) is 12.1 Å². The van der Waals surface area contributed by atoms with Crippen LogP contribution < -0.4 is 10.6 Å². The normalized spacial score (nSPS) is 17.7. The molecule has 0 aromatic heterocycles. The number of rotatable bonds is 4. The molecule has 19 heavy (non-hydrogen) atoms. The lowest BCUT2D eigenvalue weighted by Crippen LogP contribution is -2.35. The first-order chi connectivity index (χ1) is 9.10. The van der Waals surface area contributed by atoms with Gasteiger partial charge in [-0.3, -0.25) is 0 Å². The highest BCUT2D eigenvalue weighted by Crippen LogP contribution is 2.24. The molecule has 0 amide bonds. The summed E-state index contributed by atoms with van der Waals surface area (Å²) in [6.07, 6.45) is 2.64. The van der Waals surface area contributed by atoms with Crippen LogP contribution in [0.2, 0.25) is 0 Å². The number of nitrogens with zero attached hydrogens (tertiary/aromatic N) is 2. The van der Waals surface area contributed by atoms with E-state index >= 15 is 0 Å². The molecule has 1 saturated heterocycles. The lowest BCUT2D eigenvalue weighted by molar-refractivity contribution is 0.222. The molecule has 1 aromatic carbocycles. The molecule has 3 heteroatoms. The Morgan fingerprint density at radius 3 is 2.58 bits per heavy atom. The predicted octanol–water partition coefficient (Wildman–Crippen LogP) is 2.23. The summed E-state index contributed by atoms with van der Waals surface area (Å²) in [5.41, 5.74) is 9.58. The average Bonchev–Trinajstić information content (AvgIpc) is 2.41. The molecule has 0 unspecified atom stereocenters. The van der Waals surface area contributed by atoms with Crippen LogP contribution in [0.4, 0.5) is 5.69 Å². The van der Waals surface area contributed by atoms with Gasteiger partial charge in [-0.25, -0.2) is 0 Å². The van der Waals surface area contributed by atoms with Crippen LogP contribution in [0.15, 0.2) is 18.2 Å². The van der Waals surface area contributed by atoms with Gasteiger partial charge in [0, 0.05) is 25.8 Å². The molecular formula is C16H27N3. The fourth-order valence-electron chi connectivity index (χ4n) is 3.00. The van der Waals surface area contributed by atoms with E-state index < -0.39 is 0 Å². The third kappa shape index (κ3) is 3.71. The summed E-state index contributed by atoms with van der Waals surface area (Å²) in [6.45, 7) is 6.45. The highest BCUT2D eigenvalue weighted by Gasteiger charge is 2.18. The van der Waals surface area contributed by atoms with Gasteiger partial charge < -0.3 is 15.5 Å². The van der Waals surface area contributed by atoms with Crippen LogP contribution in [0.25, 0.3) is 0 Å². The second-order valence-corrected chi connectivity index (χ2v) is 5.95. The Hall–Kier alpha value is -1.06. The van der Waals surface area contributed by atoms with Crippen LogP contribution >= 0.6 is 0 Å². The lowest BCUT2D eigenvalue weighted by Gasteiger charge is -2.33. The Bertz CT molecular complexity index is 408. The lowest BCUT2D eigenvalue weighted by atomic mass is 9.96. The van der Waals surface area contributed by atoms with Gasteiger partial charge in [0.25, 0.3) is 0 Å². The predicted molar refractivity (Wildman–Crippen MR) is 82.6 cm³/mol. The van der Waals surface area contributed by atoms with Gasteiger partial charge in [0.1, 0.15) is 0 Å². The summed E-state index contributed by atoms with van der Waals surface area (Å²) in [5.74, 6) is 0.829. The third-order valence-electron chi connectivity index (χ3n) is 4.28. The standard InChI is InChI=1S/C16H27N3/c1-13-10-15(11-17)4-5-16(13)19(3)12-14-6-8-18(2)9-7-14/h4-5,10,14H,6-9,11-12,17H2,1-3H3. The quantitative estimate of drug-likeness (QED) is 0.902. The number of anilines is 1. The van der Waals surface area contributed by atoms with Crippen molar-refractivity contribution in [3.63, 3.8) is 0 Å². The number of nitrogens with two attached hydrogens (primary N) is 1. The molecule has 106 valence electrons. The molecule has 0 aliphatic carbocycles. The molecule has 1 heterocycles. The number of hydrogen-bond acceptors (Lipinski definition) is 3. The van der Waals surface area contributed by atoms with E-state index in [4.69, 9.17) is 5.73 Å². The number of likely N-dealkylation sites (tertiary alicyclic amines) is 1. The summed E-state index contributed by atoms with van der Waals surface area (Å²) < 4.78 is 0. The van der Waals surface area contributed by atoms with E-state index in [2.05, 4.69) is 49.0 Å². The van der Waals surface area contributed by atoms with Gasteiger partial charge in [-0.05, 0) is 63.0 Å². The molecule has 3 nitrogen and oxygen atoms in total. The van der Waals surface area contributed by atoms with Gasteiger partial charge in [0.15, 0.2) is 0 Å². The van der Waals surface area contributed by atoms with Crippen LogP contribution in [0.1, 0.15) is 24.0 Å². The average molecular weight is 261 g/mol. The van der Waals surface area contributed by atoms with E-state index in [1.54, 1.807) is 0 Å². The maximum Gasteiger partial charge on any atom is 0.0393 e. The highest BCUT2D eigenvalue weighted by molar-refractivity contribution is 5.54. The molecular weight excluding hydrogens is 234 g/mol. The largest absolute Gasteiger partial charge is 0.374 e. The number of hydrogen-bond donors (Lipinski definition) is 1. The Morgan fingerprint density at radius 2 is 2.00 bits per heavy atom. The van der Waals surface area contributed by atoms with Gasteiger partial charge in [0.2, 0.25) is 0 Å². The SMILES string of the molecule is Cc1cc(CN)ccc1N(C)CC1CCN(C)CC1. The molecule has 0 spiro atoms. The van der Waals surface area contributed by atoms with Crippen LogP contribution in [-0.2, 0) is 6.54 Å². The first kappa shape index (κ1) is 14.4. The summed E-state index contributed by atoms with van der Waals surface area (Å²) >= 11 is 0. The van der Waals surface area contributed by atoms with Crippen LogP contribution in [-0.4, -0.2) is 38.6 Å². The first-order valence-corrected chi connectivity index (χ1v) is 7.29. The fraction of sp³-hybridized carbons (Fsp3) is 0.625. The summed E-state index contributed by atoms with van der Waals surface area (Å²) in [4.78, 5) is 4.84. The molecule has 2 rings (SSSR count). The smallest absolute Gasteiger partial charge is 0.0393 e. The van der Waals surface area contributed by atoms with Crippen molar-refractivity contribution in [2.45, 2.75) is 26.3 Å². The molecule has 2 N–H and O–H groups in total. The Kier molecular flexibility index (Phi) is 4.83. The topological polar surface area (TPSA) is 32.5 Å². The summed E-state index contributed by atoms with van der Waals surface area (Å²) in [6, 6.07) is 6.57. The maximum atomic E-state index is 5.69. The molecule has 1 aliphatic heterocycles. The Balaban J connectivity index is 1.97. The molecule has 0 radical (unpaired) electrons. The molecule has 0 atom stereocenters. The van der Waals surface area contributed by atoms with Gasteiger partial charge >= 0.3 is 0 Å². The minimum absolute atomic E-state index is 0.625. The minimum atomic E-state index is 0.625. The molecule has 0 bridgehead atoms. The van der Waals surface area contributed by atoms with E-state index in [1.165, 1.54) is 42.7 Å². The zero-order valence-electron chi connectivity index (χ0n) is 12.5. The van der Waals surface area contributed by atoms with Crippen LogP contribution in [0, 0.1) is 12.8 Å². The third-order valence-corrected chi connectivity index (χ3v) is 4.28. The van der Waals surface area contributed by atoms with E-state index in [0.717, 1.165) is 12.5 Å². The van der Waals surface area contributed by atoms with Gasteiger partial charge in [-0.2, -0.15) is 0 Å². The molecule has 0 saturated carbocycles. The zero-order chi connectivity index (χ0) is 13.8. The van der Waals surface area contributed by atoms with Crippen molar-refractivity contribution in [3.8, 4) is 0 Å². The molecule has 1 aliphatic rings. The van der Waals surface area contributed by atoms with Crippen molar-refractivity contribution < 1.29 is 0 Å². The number of aryl methyl sites for hydroxylation is 1. The van der Waals surface area contributed by atoms with E-state index in [0.29, 0.717) is 6.54 Å². The summed E-state index contributed by atoms with van der Waals surface area (Å²) in [7, 11) is 4.43. The molecule has 1 aromatic rings. The van der Waals surface area contributed by atoms with Crippen molar-refractivity contribution >= 4 is 5.69 Å². The van der Waals surface area contributed by atoms with Crippen LogP contribution in [0.5, 0.6) is 0 Å². The van der Waals surface area contributed by atoms with Crippen molar-refractivity contribution in [1.29, 1.82) is 0 Å². The Labute approximate surface area is 117 Å².